The van der Waals surface area contributed by atoms with Gasteiger partial charge in [-0.2, -0.15) is 0 Å². The normalized spacial score (nSPS) is 15.0. The van der Waals surface area contributed by atoms with Crippen LogP contribution in [-0.2, 0) is 30.1 Å². The van der Waals surface area contributed by atoms with Gasteiger partial charge in [-0.15, -0.1) is 0 Å². The Morgan fingerprint density at radius 3 is 1.41 bits per heavy atom. The maximum absolute atomic E-state index is 2.48. The van der Waals surface area contributed by atoms with Gasteiger partial charge < -0.3 is 0 Å². The Labute approximate surface area is 415 Å². The van der Waals surface area contributed by atoms with Crippen molar-refractivity contribution in [1.29, 1.82) is 0 Å². The Balaban J connectivity index is 0.925. The van der Waals surface area contributed by atoms with Crippen LogP contribution < -0.4 is 0 Å². The van der Waals surface area contributed by atoms with Gasteiger partial charge in [-0.1, -0.05) is 241 Å². The molecule has 0 saturated carbocycles. The Morgan fingerprint density at radius 2 is 0.757 bits per heavy atom. The first kappa shape index (κ1) is 43.5. The van der Waals surface area contributed by atoms with Crippen LogP contribution in [0, 0.1) is 27.7 Å². The molecule has 0 N–H and O–H groups in total. The highest BCUT2D eigenvalue weighted by Crippen LogP contribution is 2.58. The van der Waals surface area contributed by atoms with Crippen LogP contribution in [0.4, 0.5) is 0 Å². The molecule has 0 radical (unpaired) electrons. The second-order valence-electron chi connectivity index (χ2n) is 20.4. The van der Waals surface area contributed by atoms with E-state index < -0.39 is 5.41 Å². The molecular formula is C70H58. The quantitative estimate of drug-likeness (QED) is 0.128. The molecule has 0 fully saturated rings. The summed E-state index contributed by atoms with van der Waals surface area (Å²) in [5.41, 5.74) is 29.9. The van der Waals surface area contributed by atoms with Crippen molar-refractivity contribution in [2.45, 2.75) is 64.7 Å². The number of benzene rings is 10. The first-order valence-corrected chi connectivity index (χ1v) is 25.1. The summed E-state index contributed by atoms with van der Waals surface area (Å²) in [6, 6.07) is 85.6. The molecule has 338 valence electrons. The van der Waals surface area contributed by atoms with Gasteiger partial charge in [0, 0.05) is 5.41 Å². The van der Waals surface area contributed by atoms with Crippen molar-refractivity contribution in [3.05, 3.63) is 319 Å². The standard InChI is InChI=1S/C70H58/c1-46-24-30-51(31-25-46)43-54-15-6-7-17-58(54)67-55(16-13-23-66(67)69(5)63-21-10-8-18-59(63)61-20-12-14-49(4)68(61)69)44-52-34-32-50(33-35-52)42-53-36-41-65-62(45-53)60-19-9-11-22-64(60)70(65,56-37-26-47(2)27-38-56)57-39-28-48(3)29-40-57/h6-41,45H,42-44H2,1-5H3. The molecule has 10 aromatic carbocycles. The summed E-state index contributed by atoms with van der Waals surface area (Å²) in [5, 5.41) is 0. The highest BCUT2D eigenvalue weighted by molar-refractivity contribution is 5.89. The Bertz CT molecular complexity index is 3540. The van der Waals surface area contributed by atoms with Gasteiger partial charge in [-0.25, -0.2) is 0 Å². The van der Waals surface area contributed by atoms with Gasteiger partial charge in [-0.05, 0) is 165 Å². The molecule has 0 spiro atoms. The van der Waals surface area contributed by atoms with E-state index >= 15 is 0 Å². The SMILES string of the molecule is Cc1ccc(Cc2ccccc2-c2c(Cc3ccc(Cc4ccc5c(c4)-c4ccccc4C5(c4ccc(C)cc4)c4ccc(C)cc4)cc3)cccc2C2(C)c3ccccc3-c3cccc(C)c32)cc1. The third-order valence-electron chi connectivity index (χ3n) is 15.9. The van der Waals surface area contributed by atoms with E-state index in [1.807, 2.05) is 0 Å². The van der Waals surface area contributed by atoms with Gasteiger partial charge in [0.2, 0.25) is 0 Å². The van der Waals surface area contributed by atoms with Gasteiger partial charge in [-0.3, -0.25) is 0 Å². The molecule has 12 rings (SSSR count). The summed E-state index contributed by atoms with van der Waals surface area (Å²) in [6.45, 7) is 11.3. The Kier molecular flexibility index (Phi) is 10.8. The predicted octanol–water partition coefficient (Wildman–Crippen LogP) is 17.1. The lowest BCUT2D eigenvalue weighted by Crippen LogP contribution is -2.28. The van der Waals surface area contributed by atoms with E-state index in [1.165, 1.54) is 128 Å². The molecule has 0 bridgehead atoms. The van der Waals surface area contributed by atoms with Crippen LogP contribution >= 0.6 is 0 Å². The predicted molar refractivity (Wildman–Crippen MR) is 293 cm³/mol. The lowest BCUT2D eigenvalue weighted by atomic mass is 9.67. The molecule has 0 heterocycles. The highest BCUT2D eigenvalue weighted by Gasteiger charge is 2.46. The van der Waals surface area contributed by atoms with Gasteiger partial charge >= 0.3 is 0 Å². The molecule has 0 heteroatoms. The largest absolute Gasteiger partial charge is 0.0713 e. The number of rotatable bonds is 10. The number of hydrogen-bond acceptors (Lipinski definition) is 0. The van der Waals surface area contributed by atoms with E-state index in [1.54, 1.807) is 0 Å². The topological polar surface area (TPSA) is 0 Å². The molecule has 1 atom stereocenters. The molecular weight excluding hydrogens is 841 g/mol. The van der Waals surface area contributed by atoms with Crippen LogP contribution in [0.3, 0.4) is 0 Å². The maximum atomic E-state index is 2.48. The second-order valence-corrected chi connectivity index (χ2v) is 20.4. The fourth-order valence-electron chi connectivity index (χ4n) is 12.5. The molecule has 0 amide bonds. The summed E-state index contributed by atoms with van der Waals surface area (Å²) < 4.78 is 0. The van der Waals surface area contributed by atoms with Crippen molar-refractivity contribution in [2.24, 2.45) is 0 Å². The molecule has 10 aromatic rings. The van der Waals surface area contributed by atoms with Crippen molar-refractivity contribution in [2.75, 3.05) is 0 Å². The van der Waals surface area contributed by atoms with Gasteiger partial charge in [0.1, 0.15) is 0 Å². The van der Waals surface area contributed by atoms with Gasteiger partial charge in [0.25, 0.3) is 0 Å². The maximum Gasteiger partial charge on any atom is 0.0713 e. The van der Waals surface area contributed by atoms with Crippen LogP contribution in [0.25, 0.3) is 33.4 Å². The molecule has 0 saturated heterocycles. The van der Waals surface area contributed by atoms with Gasteiger partial charge in [0.15, 0.2) is 0 Å². The monoisotopic (exact) mass is 898 g/mol. The fraction of sp³-hybridized carbons (Fsp3) is 0.143. The van der Waals surface area contributed by atoms with Crippen molar-refractivity contribution in [1.82, 2.24) is 0 Å². The van der Waals surface area contributed by atoms with Crippen LogP contribution in [0.15, 0.2) is 224 Å². The zero-order valence-electron chi connectivity index (χ0n) is 41.0. The van der Waals surface area contributed by atoms with Crippen LogP contribution in [0.2, 0.25) is 0 Å². The van der Waals surface area contributed by atoms with E-state index in [0.717, 1.165) is 19.3 Å². The molecule has 70 heavy (non-hydrogen) atoms. The van der Waals surface area contributed by atoms with Crippen LogP contribution in [-0.4, -0.2) is 0 Å². The van der Waals surface area contributed by atoms with E-state index in [0.29, 0.717) is 0 Å². The molecule has 2 aliphatic rings. The minimum Gasteiger partial charge on any atom is -0.0619 e. The van der Waals surface area contributed by atoms with E-state index in [-0.39, 0.29) is 5.41 Å². The molecule has 0 aliphatic heterocycles. The van der Waals surface area contributed by atoms with Crippen LogP contribution in [0.1, 0.15) is 102 Å². The summed E-state index contributed by atoms with van der Waals surface area (Å²) in [4.78, 5) is 0. The second kappa shape index (κ2) is 17.3. The fourth-order valence-corrected chi connectivity index (χ4v) is 12.5. The van der Waals surface area contributed by atoms with Crippen molar-refractivity contribution < 1.29 is 0 Å². The highest BCUT2D eigenvalue weighted by atomic mass is 14.5. The third kappa shape index (κ3) is 7.11. The molecule has 1 unspecified atom stereocenters. The Hall–Kier alpha value is -7.80. The average molecular weight is 899 g/mol. The zero-order chi connectivity index (χ0) is 47.6. The van der Waals surface area contributed by atoms with E-state index in [9.17, 15) is 0 Å². The number of aryl methyl sites for hydroxylation is 4. The average Bonchev–Trinajstić information content (AvgIpc) is 3.83. The van der Waals surface area contributed by atoms with Crippen LogP contribution in [0.5, 0.6) is 0 Å². The minimum atomic E-state index is -0.397. The summed E-state index contributed by atoms with van der Waals surface area (Å²) in [5.74, 6) is 0. The summed E-state index contributed by atoms with van der Waals surface area (Å²) >= 11 is 0. The lowest BCUT2D eigenvalue weighted by molar-refractivity contribution is 0.709. The van der Waals surface area contributed by atoms with Gasteiger partial charge in [0.05, 0.1) is 5.41 Å². The summed E-state index contributed by atoms with van der Waals surface area (Å²) in [7, 11) is 0. The third-order valence-corrected chi connectivity index (χ3v) is 15.9. The molecule has 2 aliphatic carbocycles. The van der Waals surface area contributed by atoms with Crippen molar-refractivity contribution in [3.63, 3.8) is 0 Å². The van der Waals surface area contributed by atoms with E-state index in [2.05, 4.69) is 259 Å². The van der Waals surface area contributed by atoms with Crippen molar-refractivity contribution >= 4 is 0 Å². The molecule has 0 aromatic heterocycles. The lowest BCUT2D eigenvalue weighted by Gasteiger charge is -2.34. The number of fused-ring (bicyclic) bond motifs is 6. The smallest absolute Gasteiger partial charge is 0.0619 e. The Morgan fingerprint density at radius 1 is 0.314 bits per heavy atom. The number of hydrogen-bond donors (Lipinski definition) is 0. The first-order chi connectivity index (χ1) is 34.2. The van der Waals surface area contributed by atoms with E-state index in [4.69, 9.17) is 0 Å². The summed E-state index contributed by atoms with van der Waals surface area (Å²) in [6.07, 6.45) is 2.56. The zero-order valence-corrected chi connectivity index (χ0v) is 41.0. The van der Waals surface area contributed by atoms with Crippen molar-refractivity contribution in [3.8, 4) is 33.4 Å². The first-order valence-electron chi connectivity index (χ1n) is 25.1. The minimum absolute atomic E-state index is 0.347. The molecule has 0 nitrogen and oxygen atoms in total.